The molecule has 4 nitrogen and oxygen atoms in total. The number of benzene rings is 3. The minimum absolute atomic E-state index is 0.0452. The molecule has 0 unspecified atom stereocenters. The van der Waals surface area contributed by atoms with E-state index in [1.54, 1.807) is 30.3 Å². The Hall–Kier alpha value is -1.86. The van der Waals surface area contributed by atoms with E-state index in [1.165, 1.54) is 19.2 Å². The number of methoxy groups -OCH3 is 1. The SMILES string of the molecule is COc1cc(CNc2cc(Cl)c(O)c(Cl)c2)c(Br)cc1OCc1c(F)cccc1Cl. The molecular weight excluding hydrogens is 519 g/mol. The Labute approximate surface area is 196 Å². The van der Waals surface area contributed by atoms with E-state index >= 15 is 0 Å². The van der Waals surface area contributed by atoms with Crippen molar-refractivity contribution in [2.45, 2.75) is 13.2 Å². The zero-order chi connectivity index (χ0) is 21.8. The van der Waals surface area contributed by atoms with Crippen LogP contribution in [0, 0.1) is 5.82 Å². The van der Waals surface area contributed by atoms with Crippen LogP contribution in [-0.4, -0.2) is 12.2 Å². The quantitative estimate of drug-likeness (QED) is 0.309. The lowest BCUT2D eigenvalue weighted by Gasteiger charge is -2.16. The van der Waals surface area contributed by atoms with Gasteiger partial charge in [0.25, 0.3) is 0 Å². The number of anilines is 1. The van der Waals surface area contributed by atoms with Crippen molar-refractivity contribution in [1.29, 1.82) is 0 Å². The minimum atomic E-state index is -0.437. The van der Waals surface area contributed by atoms with Crippen LogP contribution in [0.2, 0.25) is 15.1 Å². The molecule has 3 rings (SSSR count). The number of phenolic OH excluding ortho intramolecular Hbond substituents is 1. The van der Waals surface area contributed by atoms with Crippen LogP contribution in [0.15, 0.2) is 46.9 Å². The van der Waals surface area contributed by atoms with E-state index in [9.17, 15) is 9.50 Å². The van der Waals surface area contributed by atoms with Gasteiger partial charge < -0.3 is 19.9 Å². The summed E-state index contributed by atoms with van der Waals surface area (Å²) in [4.78, 5) is 0. The minimum Gasteiger partial charge on any atom is -0.505 e. The predicted octanol–water partition coefficient (Wildman–Crippen LogP) is 7.45. The lowest BCUT2D eigenvalue weighted by atomic mass is 10.2. The van der Waals surface area contributed by atoms with Crippen molar-refractivity contribution < 1.29 is 19.0 Å². The van der Waals surface area contributed by atoms with Gasteiger partial charge in [0.1, 0.15) is 12.4 Å². The Morgan fingerprint density at radius 1 is 1.03 bits per heavy atom. The van der Waals surface area contributed by atoms with Crippen LogP contribution >= 0.6 is 50.7 Å². The van der Waals surface area contributed by atoms with Crippen molar-refractivity contribution in [2.24, 2.45) is 0 Å². The van der Waals surface area contributed by atoms with Crippen molar-refractivity contribution in [3.8, 4) is 17.2 Å². The smallest absolute Gasteiger partial charge is 0.162 e. The van der Waals surface area contributed by atoms with E-state index in [4.69, 9.17) is 44.3 Å². The number of halogens is 5. The number of rotatable bonds is 7. The number of hydrogen-bond acceptors (Lipinski definition) is 4. The normalized spacial score (nSPS) is 10.7. The van der Waals surface area contributed by atoms with Gasteiger partial charge in [0, 0.05) is 22.3 Å². The second kappa shape index (κ2) is 9.96. The average Bonchev–Trinajstić information content (AvgIpc) is 2.70. The second-order valence-corrected chi connectivity index (χ2v) is 8.30. The first kappa shape index (κ1) is 22.8. The number of hydrogen-bond donors (Lipinski definition) is 2. The van der Waals surface area contributed by atoms with Gasteiger partial charge in [0.15, 0.2) is 17.2 Å². The van der Waals surface area contributed by atoms with Gasteiger partial charge in [-0.2, -0.15) is 0 Å². The van der Waals surface area contributed by atoms with Crippen molar-refractivity contribution >= 4 is 56.4 Å². The molecule has 2 N–H and O–H groups in total. The van der Waals surface area contributed by atoms with Crippen molar-refractivity contribution in [1.82, 2.24) is 0 Å². The fourth-order valence-electron chi connectivity index (χ4n) is 2.67. The molecule has 0 spiro atoms. The van der Waals surface area contributed by atoms with Gasteiger partial charge >= 0.3 is 0 Å². The van der Waals surface area contributed by atoms with Crippen LogP contribution in [0.3, 0.4) is 0 Å². The molecule has 0 aliphatic rings. The first-order valence-corrected chi connectivity index (χ1v) is 10.6. The van der Waals surface area contributed by atoms with Gasteiger partial charge in [-0.1, -0.05) is 56.8 Å². The fraction of sp³-hybridized carbons (Fsp3) is 0.143. The highest BCUT2D eigenvalue weighted by Gasteiger charge is 2.14. The number of ether oxygens (including phenoxy) is 2. The van der Waals surface area contributed by atoms with E-state index in [1.807, 2.05) is 0 Å². The summed E-state index contributed by atoms with van der Waals surface area (Å²) in [6.45, 7) is 0.365. The molecule has 0 aliphatic carbocycles. The van der Waals surface area contributed by atoms with E-state index in [0.29, 0.717) is 28.8 Å². The molecule has 0 saturated heterocycles. The highest BCUT2D eigenvalue weighted by Crippen LogP contribution is 2.37. The average molecular weight is 536 g/mol. The van der Waals surface area contributed by atoms with Gasteiger partial charge in [0.2, 0.25) is 0 Å². The van der Waals surface area contributed by atoms with Crippen molar-refractivity contribution in [2.75, 3.05) is 12.4 Å². The highest BCUT2D eigenvalue weighted by atomic mass is 79.9. The molecule has 0 saturated carbocycles. The van der Waals surface area contributed by atoms with Crippen LogP contribution in [0.1, 0.15) is 11.1 Å². The predicted molar refractivity (Wildman–Crippen MR) is 122 cm³/mol. The molecule has 3 aromatic carbocycles. The molecule has 9 heteroatoms. The molecule has 3 aromatic rings. The number of nitrogens with one attached hydrogen (secondary N) is 1. The Morgan fingerprint density at radius 3 is 2.37 bits per heavy atom. The summed E-state index contributed by atoms with van der Waals surface area (Å²) < 4.78 is 25.9. The fourth-order valence-corrected chi connectivity index (χ4v) is 3.84. The van der Waals surface area contributed by atoms with E-state index in [2.05, 4.69) is 21.2 Å². The molecule has 0 aliphatic heterocycles. The lowest BCUT2D eigenvalue weighted by Crippen LogP contribution is -2.04. The zero-order valence-electron chi connectivity index (χ0n) is 15.6. The van der Waals surface area contributed by atoms with Gasteiger partial charge in [-0.3, -0.25) is 0 Å². The summed E-state index contributed by atoms with van der Waals surface area (Å²) in [6, 6.07) is 11.1. The third kappa shape index (κ3) is 5.24. The third-order valence-electron chi connectivity index (χ3n) is 4.27. The zero-order valence-corrected chi connectivity index (χ0v) is 19.5. The number of phenols is 1. The molecule has 0 amide bonds. The topological polar surface area (TPSA) is 50.7 Å². The Bertz CT molecular complexity index is 1040. The van der Waals surface area contributed by atoms with Crippen LogP contribution in [-0.2, 0) is 13.2 Å². The maximum Gasteiger partial charge on any atom is 0.162 e. The molecule has 30 heavy (non-hydrogen) atoms. The van der Waals surface area contributed by atoms with Crippen LogP contribution in [0.25, 0.3) is 0 Å². The summed E-state index contributed by atoms with van der Waals surface area (Å²) in [6.07, 6.45) is 0. The van der Waals surface area contributed by atoms with Crippen molar-refractivity contribution in [3.05, 3.63) is 78.9 Å². The second-order valence-electron chi connectivity index (χ2n) is 6.23. The van der Waals surface area contributed by atoms with Gasteiger partial charge in [-0.05, 0) is 42.0 Å². The highest BCUT2D eigenvalue weighted by molar-refractivity contribution is 9.10. The monoisotopic (exact) mass is 533 g/mol. The Kier molecular flexibility index (Phi) is 7.58. The standard InChI is InChI=1S/C21H16BrCl3FNO3/c1-29-19-5-11(9-27-12-6-16(24)21(28)17(25)7-12)14(22)8-20(19)30-10-13-15(23)3-2-4-18(13)26/h2-8,27-28H,9-10H2,1H3. The van der Waals surface area contributed by atoms with Crippen LogP contribution in [0.5, 0.6) is 17.2 Å². The van der Waals surface area contributed by atoms with E-state index in [-0.39, 0.29) is 28.0 Å². The Balaban J connectivity index is 1.77. The van der Waals surface area contributed by atoms with E-state index < -0.39 is 5.82 Å². The summed E-state index contributed by atoms with van der Waals surface area (Å²) in [5.74, 6) is 0.308. The van der Waals surface area contributed by atoms with Gasteiger partial charge in [-0.25, -0.2) is 4.39 Å². The van der Waals surface area contributed by atoms with E-state index in [0.717, 1.165) is 10.0 Å². The lowest BCUT2D eigenvalue weighted by molar-refractivity contribution is 0.279. The van der Waals surface area contributed by atoms with Crippen LogP contribution in [0.4, 0.5) is 10.1 Å². The van der Waals surface area contributed by atoms with Crippen LogP contribution < -0.4 is 14.8 Å². The summed E-state index contributed by atoms with van der Waals surface area (Å²) in [5.41, 5.74) is 1.77. The molecule has 0 aromatic heterocycles. The first-order valence-electron chi connectivity index (χ1n) is 8.64. The summed E-state index contributed by atoms with van der Waals surface area (Å²) >= 11 is 21.5. The molecular formula is C21H16BrCl3FNO3. The van der Waals surface area contributed by atoms with Gasteiger partial charge in [-0.15, -0.1) is 0 Å². The van der Waals surface area contributed by atoms with Crippen molar-refractivity contribution in [3.63, 3.8) is 0 Å². The molecule has 0 bridgehead atoms. The largest absolute Gasteiger partial charge is 0.505 e. The molecule has 0 atom stereocenters. The maximum atomic E-state index is 14.0. The maximum absolute atomic E-state index is 14.0. The molecule has 0 heterocycles. The summed E-state index contributed by atoms with van der Waals surface area (Å²) in [5, 5.41) is 13.4. The number of aromatic hydroxyl groups is 1. The molecule has 0 fully saturated rings. The molecule has 158 valence electrons. The third-order valence-corrected chi connectivity index (χ3v) is 5.93. The Morgan fingerprint density at radius 2 is 1.73 bits per heavy atom. The first-order chi connectivity index (χ1) is 14.3. The van der Waals surface area contributed by atoms with Gasteiger partial charge in [0.05, 0.1) is 22.2 Å². The molecule has 0 radical (unpaired) electrons. The summed E-state index contributed by atoms with van der Waals surface area (Å²) in [7, 11) is 1.52.